The summed E-state index contributed by atoms with van der Waals surface area (Å²) in [6, 6.07) is 0. The summed E-state index contributed by atoms with van der Waals surface area (Å²) in [6.45, 7) is 0. The maximum absolute atomic E-state index is 11.6. The van der Waals surface area contributed by atoms with E-state index >= 15 is 0 Å². The molecule has 0 spiro atoms. The van der Waals surface area contributed by atoms with E-state index < -0.39 is 11.9 Å². The van der Waals surface area contributed by atoms with Crippen LogP contribution in [0.5, 0.6) is 0 Å². The molecule has 0 aliphatic heterocycles. The molecule has 92 valence electrons. The molecule has 0 fully saturated rings. The van der Waals surface area contributed by atoms with Crippen molar-refractivity contribution in [2.24, 2.45) is 7.05 Å². The fraction of sp³-hybridized carbons (Fsp3) is 0.300. The minimum atomic E-state index is -0.753. The fourth-order valence-corrected chi connectivity index (χ4v) is 1.46. The van der Waals surface area contributed by atoms with Crippen molar-refractivity contribution in [3.8, 4) is 0 Å². The number of ether oxygens (including phenoxy) is 2. The lowest BCUT2D eigenvalue weighted by Crippen LogP contribution is -2.25. The van der Waals surface area contributed by atoms with E-state index in [2.05, 4.69) is 9.47 Å². The lowest BCUT2D eigenvalue weighted by molar-refractivity contribution is -0.670. The van der Waals surface area contributed by atoms with E-state index in [1.165, 1.54) is 18.8 Å². The lowest BCUT2D eigenvalue weighted by Gasteiger charge is -2.12. The number of aromatic nitrogens is 2. The van der Waals surface area contributed by atoms with Gasteiger partial charge in [0.1, 0.15) is 12.4 Å². The van der Waals surface area contributed by atoms with Crippen molar-refractivity contribution in [2.75, 3.05) is 14.2 Å². The Kier molecular flexibility index (Phi) is 4.22. The molecular weight excluding hydrogens is 244 g/mol. The molecule has 1 rings (SSSR count). The molecule has 0 saturated carbocycles. The molecule has 1 aromatic rings. The number of carbonyl (C=O) groups excluding carboxylic acids is 2. The van der Waals surface area contributed by atoms with Crippen LogP contribution >= 0.6 is 0 Å². The number of esters is 2. The smallest absolute Gasteiger partial charge is 0.377 e. The quantitative estimate of drug-likeness (QED) is 0.312. The molecular formula is C10H12N2O4S. The van der Waals surface area contributed by atoms with Gasteiger partial charge in [0.05, 0.1) is 21.3 Å². The van der Waals surface area contributed by atoms with Crippen molar-refractivity contribution >= 4 is 30.3 Å². The van der Waals surface area contributed by atoms with Crippen molar-refractivity contribution in [3.63, 3.8) is 0 Å². The minimum Gasteiger partial charge on any atom is -0.768 e. The average Bonchev–Trinajstić information content (AvgIpc) is 2.74. The molecule has 1 aromatic heterocycles. The summed E-state index contributed by atoms with van der Waals surface area (Å²) in [5.41, 5.74) is -0.0463. The standard InChI is InChI=1S/C10H12N2O4S/c1-11-4-5-12(6-11)7(9(13)15-2)8(17)10(14)16-3/h4-6H,1-3H3. The highest BCUT2D eigenvalue weighted by molar-refractivity contribution is 7.65. The molecule has 7 heteroatoms. The SMILES string of the molecule is COC(=O)/C([S-])=C(\C(=O)OC)n1cc[n+](C)c1. The zero-order valence-corrected chi connectivity index (χ0v) is 10.5. The lowest BCUT2D eigenvalue weighted by atomic mass is 10.4. The van der Waals surface area contributed by atoms with Gasteiger partial charge in [-0.05, 0) is 4.91 Å². The van der Waals surface area contributed by atoms with Crippen molar-refractivity contribution in [1.29, 1.82) is 0 Å². The van der Waals surface area contributed by atoms with Crippen LogP contribution in [0.15, 0.2) is 23.6 Å². The molecule has 0 bridgehead atoms. The van der Waals surface area contributed by atoms with Crippen LogP contribution in [0.3, 0.4) is 0 Å². The van der Waals surface area contributed by atoms with Gasteiger partial charge in [0.25, 0.3) is 0 Å². The summed E-state index contributed by atoms with van der Waals surface area (Å²) >= 11 is 4.89. The molecule has 0 radical (unpaired) electrons. The van der Waals surface area contributed by atoms with Crippen LogP contribution in [0.25, 0.3) is 5.70 Å². The third kappa shape index (κ3) is 2.82. The number of hydrogen-bond acceptors (Lipinski definition) is 5. The maximum Gasteiger partial charge on any atom is 0.377 e. The van der Waals surface area contributed by atoms with Crippen LogP contribution in [-0.4, -0.2) is 30.7 Å². The van der Waals surface area contributed by atoms with E-state index in [4.69, 9.17) is 12.6 Å². The van der Waals surface area contributed by atoms with Crippen LogP contribution < -0.4 is 4.57 Å². The van der Waals surface area contributed by atoms with E-state index in [-0.39, 0.29) is 10.6 Å². The number of aryl methyl sites for hydroxylation is 1. The number of imidazole rings is 1. The molecule has 0 aliphatic carbocycles. The van der Waals surface area contributed by atoms with Gasteiger partial charge >= 0.3 is 11.9 Å². The number of rotatable bonds is 3. The number of nitrogens with zero attached hydrogens (tertiary/aromatic N) is 2. The molecule has 0 aromatic carbocycles. The minimum absolute atomic E-state index is 0.0463. The Labute approximate surface area is 104 Å². The summed E-state index contributed by atoms with van der Waals surface area (Å²) < 4.78 is 12.2. The van der Waals surface area contributed by atoms with E-state index in [0.29, 0.717) is 0 Å². The number of carbonyl (C=O) groups is 2. The highest BCUT2D eigenvalue weighted by atomic mass is 32.1. The summed E-state index contributed by atoms with van der Waals surface area (Å²) in [5, 5.41) is 0. The topological polar surface area (TPSA) is 61.4 Å². The van der Waals surface area contributed by atoms with Crippen LogP contribution in [0.1, 0.15) is 0 Å². The van der Waals surface area contributed by atoms with Gasteiger partial charge in [0.15, 0.2) is 0 Å². The third-order valence-electron chi connectivity index (χ3n) is 1.99. The predicted octanol–water partition coefficient (Wildman–Crippen LogP) is -0.626. The largest absolute Gasteiger partial charge is 0.768 e. The van der Waals surface area contributed by atoms with Crippen molar-refractivity contribution < 1.29 is 23.6 Å². The van der Waals surface area contributed by atoms with E-state index in [9.17, 15) is 9.59 Å². The van der Waals surface area contributed by atoms with Gasteiger partial charge < -0.3 is 22.1 Å². The Bertz CT molecular complexity index is 478. The summed E-state index contributed by atoms with van der Waals surface area (Å²) in [7, 11) is 4.18. The Hall–Kier alpha value is -1.89. The second-order valence-electron chi connectivity index (χ2n) is 3.15. The first-order valence-corrected chi connectivity index (χ1v) is 5.03. The predicted molar refractivity (Wildman–Crippen MR) is 60.2 cm³/mol. The van der Waals surface area contributed by atoms with Crippen molar-refractivity contribution in [2.45, 2.75) is 0 Å². The van der Waals surface area contributed by atoms with Gasteiger partial charge in [-0.25, -0.2) is 14.2 Å². The Morgan fingerprint density at radius 2 is 1.82 bits per heavy atom. The van der Waals surface area contributed by atoms with E-state index in [1.807, 2.05) is 0 Å². The normalized spacial score (nSPS) is 11.7. The maximum atomic E-state index is 11.6. The second-order valence-corrected chi connectivity index (χ2v) is 3.56. The van der Waals surface area contributed by atoms with Crippen molar-refractivity contribution in [1.82, 2.24) is 4.57 Å². The first-order valence-electron chi connectivity index (χ1n) is 4.62. The zero-order chi connectivity index (χ0) is 13.0. The van der Waals surface area contributed by atoms with Crippen LogP contribution in [-0.2, 0) is 38.7 Å². The Morgan fingerprint density at radius 3 is 2.24 bits per heavy atom. The molecule has 0 aliphatic rings. The number of methoxy groups -OCH3 is 2. The molecule has 1 heterocycles. The van der Waals surface area contributed by atoms with Crippen LogP contribution in [0.2, 0.25) is 0 Å². The molecule has 0 N–H and O–H groups in total. The highest BCUT2D eigenvalue weighted by Gasteiger charge is 2.21. The number of hydrogen-bond donors (Lipinski definition) is 0. The highest BCUT2D eigenvalue weighted by Crippen LogP contribution is 2.12. The third-order valence-corrected chi connectivity index (χ3v) is 2.35. The first kappa shape index (κ1) is 13.2. The van der Waals surface area contributed by atoms with Gasteiger partial charge in [-0.2, -0.15) is 4.57 Å². The van der Waals surface area contributed by atoms with Gasteiger partial charge in [-0.3, -0.25) is 0 Å². The average molecular weight is 256 g/mol. The Balaban J connectivity index is 3.31. The van der Waals surface area contributed by atoms with Crippen LogP contribution in [0, 0.1) is 0 Å². The van der Waals surface area contributed by atoms with E-state index in [0.717, 1.165) is 0 Å². The van der Waals surface area contributed by atoms with Crippen molar-refractivity contribution in [3.05, 3.63) is 23.6 Å². The van der Waals surface area contributed by atoms with Crippen LogP contribution in [0.4, 0.5) is 0 Å². The summed E-state index contributed by atoms with van der Waals surface area (Å²) in [5.74, 6) is -1.45. The van der Waals surface area contributed by atoms with E-state index in [1.54, 1.807) is 30.3 Å². The molecule has 0 saturated heterocycles. The summed E-state index contributed by atoms with van der Waals surface area (Å²) in [4.78, 5) is 22.7. The van der Waals surface area contributed by atoms with Gasteiger partial charge in [-0.15, -0.1) is 0 Å². The molecule has 0 atom stereocenters. The van der Waals surface area contributed by atoms with Gasteiger partial charge in [0, 0.05) is 0 Å². The fourth-order valence-electron chi connectivity index (χ4n) is 1.18. The molecule has 6 nitrogen and oxygen atoms in total. The molecule has 0 amide bonds. The van der Waals surface area contributed by atoms with Gasteiger partial charge in [-0.1, -0.05) is 0 Å². The summed E-state index contributed by atoms with van der Waals surface area (Å²) in [6.07, 6.45) is 4.87. The molecule has 0 unspecified atom stereocenters. The monoisotopic (exact) mass is 256 g/mol. The van der Waals surface area contributed by atoms with Gasteiger partial charge in [0.2, 0.25) is 12.0 Å². The first-order chi connectivity index (χ1) is 8.01. The zero-order valence-electron chi connectivity index (χ0n) is 9.67. The second kappa shape index (κ2) is 5.44. The Morgan fingerprint density at radius 1 is 1.24 bits per heavy atom. The molecule has 17 heavy (non-hydrogen) atoms.